The number of benzene rings is 2. The second-order valence-electron chi connectivity index (χ2n) is 6.20. The van der Waals surface area contributed by atoms with E-state index in [9.17, 15) is 4.79 Å². The number of methoxy groups -OCH3 is 1. The third-order valence-electron chi connectivity index (χ3n) is 4.22. The Bertz CT molecular complexity index is 996. The summed E-state index contributed by atoms with van der Waals surface area (Å²) >= 11 is 7.63. The summed E-state index contributed by atoms with van der Waals surface area (Å²) in [5, 5.41) is 12.5. The van der Waals surface area contributed by atoms with E-state index in [-0.39, 0.29) is 12.3 Å². The van der Waals surface area contributed by atoms with Crippen molar-refractivity contribution in [1.82, 2.24) is 14.8 Å². The van der Waals surface area contributed by atoms with Crippen LogP contribution in [0.25, 0.3) is 0 Å². The van der Waals surface area contributed by atoms with E-state index in [0.29, 0.717) is 46.9 Å². The Labute approximate surface area is 184 Å². The van der Waals surface area contributed by atoms with Crippen LogP contribution in [0.5, 0.6) is 11.5 Å². The normalized spacial score (nSPS) is 10.6. The van der Waals surface area contributed by atoms with E-state index in [1.165, 1.54) is 11.8 Å². The molecule has 0 saturated heterocycles. The summed E-state index contributed by atoms with van der Waals surface area (Å²) in [6.45, 7) is 3.15. The van der Waals surface area contributed by atoms with Crippen molar-refractivity contribution in [2.24, 2.45) is 0 Å². The number of carbonyl (C=O) groups is 1. The molecule has 0 unspecified atom stereocenters. The summed E-state index contributed by atoms with van der Waals surface area (Å²) in [6, 6.07) is 14.6. The Kier molecular flexibility index (Phi) is 7.98. The maximum atomic E-state index is 12.4. The van der Waals surface area contributed by atoms with Gasteiger partial charge in [0.2, 0.25) is 5.91 Å². The van der Waals surface area contributed by atoms with Crippen LogP contribution in [0.4, 0.5) is 5.69 Å². The Balaban J connectivity index is 1.55. The molecular formula is C21H23ClN4O3S. The predicted molar refractivity (Wildman–Crippen MR) is 119 cm³/mol. The molecule has 7 nitrogen and oxygen atoms in total. The van der Waals surface area contributed by atoms with E-state index < -0.39 is 0 Å². The number of hydrogen-bond donors (Lipinski definition) is 1. The molecule has 3 aromatic rings. The van der Waals surface area contributed by atoms with Gasteiger partial charge in [-0.15, -0.1) is 10.2 Å². The van der Waals surface area contributed by atoms with Gasteiger partial charge < -0.3 is 19.4 Å². The van der Waals surface area contributed by atoms with E-state index in [1.54, 1.807) is 19.2 Å². The molecule has 2 aromatic carbocycles. The number of anilines is 1. The van der Waals surface area contributed by atoms with Gasteiger partial charge in [0.05, 0.1) is 30.8 Å². The number of rotatable bonds is 10. The highest BCUT2D eigenvalue weighted by atomic mass is 35.5. The second kappa shape index (κ2) is 10.9. The Morgan fingerprint density at radius 3 is 2.60 bits per heavy atom. The number of hydrogen-bond acceptors (Lipinski definition) is 6. The number of para-hydroxylation sites is 3. The molecule has 158 valence electrons. The smallest absolute Gasteiger partial charge is 0.232 e. The van der Waals surface area contributed by atoms with Gasteiger partial charge in [0.25, 0.3) is 0 Å². The van der Waals surface area contributed by atoms with Gasteiger partial charge in [-0.2, -0.15) is 0 Å². The molecule has 9 heteroatoms. The zero-order chi connectivity index (χ0) is 21.3. The van der Waals surface area contributed by atoms with Crippen molar-refractivity contribution in [3.8, 4) is 11.5 Å². The molecule has 1 heterocycles. The minimum atomic E-state index is -0.193. The second-order valence-corrected chi connectivity index (χ2v) is 7.66. The first-order chi connectivity index (χ1) is 14.6. The lowest BCUT2D eigenvalue weighted by Gasteiger charge is -2.10. The Hall–Kier alpha value is -2.71. The predicted octanol–water partition coefficient (Wildman–Crippen LogP) is 4.31. The molecule has 0 saturated carbocycles. The maximum Gasteiger partial charge on any atom is 0.232 e. The monoisotopic (exact) mass is 446 g/mol. The molecule has 30 heavy (non-hydrogen) atoms. The molecule has 1 aromatic heterocycles. The molecule has 0 radical (unpaired) electrons. The van der Waals surface area contributed by atoms with Gasteiger partial charge in [-0.1, -0.05) is 47.6 Å². The highest BCUT2D eigenvalue weighted by Gasteiger charge is 2.15. The van der Waals surface area contributed by atoms with Crippen LogP contribution < -0.4 is 14.8 Å². The number of nitrogens with zero attached hydrogens (tertiary/aromatic N) is 3. The molecule has 0 atom stereocenters. The van der Waals surface area contributed by atoms with Crippen molar-refractivity contribution in [2.45, 2.75) is 25.0 Å². The van der Waals surface area contributed by atoms with Crippen molar-refractivity contribution >= 4 is 35.0 Å². The van der Waals surface area contributed by atoms with Crippen molar-refractivity contribution in [3.63, 3.8) is 0 Å². The highest BCUT2D eigenvalue weighted by Crippen LogP contribution is 2.26. The fourth-order valence-electron chi connectivity index (χ4n) is 2.80. The van der Waals surface area contributed by atoms with E-state index in [4.69, 9.17) is 21.1 Å². The third kappa shape index (κ3) is 5.67. The molecular weight excluding hydrogens is 424 g/mol. The minimum absolute atomic E-state index is 0.115. The molecule has 0 aliphatic rings. The summed E-state index contributed by atoms with van der Waals surface area (Å²) in [4.78, 5) is 12.4. The van der Waals surface area contributed by atoms with Crippen LogP contribution in [-0.2, 0) is 17.8 Å². The van der Waals surface area contributed by atoms with Crippen molar-refractivity contribution in [1.29, 1.82) is 0 Å². The first kappa shape index (κ1) is 22.0. The quantitative estimate of drug-likeness (QED) is 0.369. The van der Waals surface area contributed by atoms with E-state index in [2.05, 4.69) is 15.5 Å². The number of halogens is 1. The Morgan fingerprint density at radius 2 is 1.87 bits per heavy atom. The van der Waals surface area contributed by atoms with Crippen molar-refractivity contribution in [3.05, 3.63) is 59.4 Å². The molecule has 0 fully saturated rings. The number of thioether (sulfide) groups is 1. The van der Waals surface area contributed by atoms with Crippen LogP contribution in [0.1, 0.15) is 12.7 Å². The maximum absolute atomic E-state index is 12.4. The number of amides is 1. The van der Waals surface area contributed by atoms with Gasteiger partial charge in [0.1, 0.15) is 5.82 Å². The number of nitrogens with one attached hydrogen (secondary N) is 1. The van der Waals surface area contributed by atoms with Crippen LogP contribution in [0.15, 0.2) is 53.7 Å². The molecule has 0 aliphatic carbocycles. The topological polar surface area (TPSA) is 78.3 Å². The van der Waals surface area contributed by atoms with Crippen molar-refractivity contribution < 1.29 is 14.3 Å². The molecule has 0 spiro atoms. The van der Waals surface area contributed by atoms with Gasteiger partial charge in [-0.25, -0.2) is 0 Å². The molecule has 0 bridgehead atoms. The van der Waals surface area contributed by atoms with Gasteiger partial charge in [0.15, 0.2) is 16.7 Å². The van der Waals surface area contributed by atoms with Gasteiger partial charge in [-0.05, 0) is 31.2 Å². The van der Waals surface area contributed by atoms with Crippen LogP contribution in [0, 0.1) is 0 Å². The number of aromatic nitrogens is 3. The average Bonchev–Trinajstić information content (AvgIpc) is 3.14. The zero-order valence-corrected chi connectivity index (χ0v) is 18.4. The first-order valence-electron chi connectivity index (χ1n) is 9.47. The van der Waals surface area contributed by atoms with Crippen LogP contribution in [0.3, 0.4) is 0 Å². The molecule has 3 rings (SSSR count). The van der Waals surface area contributed by atoms with E-state index >= 15 is 0 Å². The molecule has 1 amide bonds. The lowest BCUT2D eigenvalue weighted by molar-refractivity contribution is -0.115. The Morgan fingerprint density at radius 1 is 1.13 bits per heavy atom. The molecule has 1 N–H and O–H groups in total. The van der Waals surface area contributed by atoms with Gasteiger partial charge in [-0.3, -0.25) is 4.79 Å². The van der Waals surface area contributed by atoms with Crippen LogP contribution in [-0.4, -0.2) is 40.1 Å². The lowest BCUT2D eigenvalue weighted by Crippen LogP contribution is -2.18. The summed E-state index contributed by atoms with van der Waals surface area (Å²) in [6.07, 6.45) is 0.115. The summed E-state index contributed by atoms with van der Waals surface area (Å²) < 4.78 is 13.0. The average molecular weight is 447 g/mol. The summed E-state index contributed by atoms with van der Waals surface area (Å²) in [5.74, 6) is 2.50. The molecule has 0 aliphatic heterocycles. The van der Waals surface area contributed by atoms with E-state index in [0.717, 1.165) is 5.16 Å². The third-order valence-corrected chi connectivity index (χ3v) is 5.48. The highest BCUT2D eigenvalue weighted by molar-refractivity contribution is 7.99. The largest absolute Gasteiger partial charge is 0.493 e. The fourth-order valence-corrected chi connectivity index (χ4v) is 3.82. The van der Waals surface area contributed by atoms with E-state index in [1.807, 2.05) is 47.9 Å². The SMILES string of the molecule is CCn1c(CC(=O)Nc2ccccc2Cl)nnc1SCCOc1ccccc1OC. The minimum Gasteiger partial charge on any atom is -0.493 e. The van der Waals surface area contributed by atoms with Gasteiger partial charge >= 0.3 is 0 Å². The van der Waals surface area contributed by atoms with Crippen LogP contribution >= 0.6 is 23.4 Å². The lowest BCUT2D eigenvalue weighted by atomic mass is 10.3. The first-order valence-corrected chi connectivity index (χ1v) is 10.8. The summed E-state index contributed by atoms with van der Waals surface area (Å²) in [7, 11) is 1.62. The van der Waals surface area contributed by atoms with Gasteiger partial charge in [0, 0.05) is 12.3 Å². The van der Waals surface area contributed by atoms with Crippen LogP contribution in [0.2, 0.25) is 5.02 Å². The van der Waals surface area contributed by atoms with Crippen molar-refractivity contribution in [2.75, 3.05) is 24.8 Å². The summed E-state index contributed by atoms with van der Waals surface area (Å²) in [5.41, 5.74) is 0.579. The number of carbonyl (C=O) groups excluding carboxylic acids is 1. The standard InChI is InChI=1S/C21H23ClN4O3S/c1-3-26-19(14-20(27)23-16-9-5-4-8-15(16)22)24-25-21(26)30-13-12-29-18-11-7-6-10-17(18)28-2/h4-11H,3,12-14H2,1-2H3,(H,23,27). The zero-order valence-electron chi connectivity index (χ0n) is 16.8. The number of ether oxygens (including phenoxy) is 2. The fraction of sp³-hybridized carbons (Fsp3) is 0.286.